The molecule has 0 saturated heterocycles. The Balaban J connectivity index is 1.95. The molecule has 4 aromatic rings. The van der Waals surface area contributed by atoms with Gasteiger partial charge in [0, 0.05) is 5.56 Å². The average Bonchev–Trinajstić information content (AvgIpc) is 3.19. The number of nitrogens with one attached hydrogen (secondary N) is 1. The zero-order valence-electron chi connectivity index (χ0n) is 14.3. The molecule has 7 heteroatoms. The van der Waals surface area contributed by atoms with E-state index < -0.39 is 17.3 Å². The Labute approximate surface area is 157 Å². The monoisotopic (exact) mass is 382 g/mol. The van der Waals surface area contributed by atoms with Crippen LogP contribution in [0.2, 0.25) is 0 Å². The highest BCUT2D eigenvalue weighted by atomic mass is 19.4. The van der Waals surface area contributed by atoms with Gasteiger partial charge in [-0.15, -0.1) is 0 Å². The number of benzene rings is 2. The molecule has 2 aromatic heterocycles. The van der Waals surface area contributed by atoms with E-state index in [0.717, 1.165) is 6.07 Å². The van der Waals surface area contributed by atoms with E-state index in [9.17, 15) is 18.0 Å². The number of halogens is 3. The zero-order chi connectivity index (χ0) is 19.7. The summed E-state index contributed by atoms with van der Waals surface area (Å²) in [6, 6.07) is 13.7. The molecule has 4 nitrogen and oxygen atoms in total. The zero-order valence-corrected chi connectivity index (χ0v) is 14.3. The first-order chi connectivity index (χ1) is 13.4. The number of H-pyrrole nitrogens is 1. The van der Waals surface area contributed by atoms with Crippen LogP contribution in [0.25, 0.3) is 34.4 Å². The number of alkyl halides is 3. The average molecular weight is 382 g/mol. The smallest absolute Gasteiger partial charge is 0.417 e. The van der Waals surface area contributed by atoms with E-state index in [2.05, 4.69) is 9.97 Å². The molecule has 0 amide bonds. The predicted octanol–water partition coefficient (Wildman–Crippen LogP) is 5.37. The molecule has 2 heterocycles. The highest BCUT2D eigenvalue weighted by Crippen LogP contribution is 2.37. The molecule has 0 spiro atoms. The first-order valence-corrected chi connectivity index (χ1v) is 8.35. The summed E-state index contributed by atoms with van der Waals surface area (Å²) in [7, 11) is 0. The summed E-state index contributed by atoms with van der Waals surface area (Å²) >= 11 is 0. The van der Waals surface area contributed by atoms with Crippen molar-refractivity contribution in [3.8, 4) is 11.4 Å². The molecule has 0 aliphatic heterocycles. The third-order valence-electron chi connectivity index (χ3n) is 4.24. The standard InChI is InChI=1S/C21H13F3N2O2/c22-21(23,24)17-8-3-7-15(14(17)11-10-13-5-4-12-28-13)19-25-18-9-2-1-6-16(18)20(27)26-19/h1-12H,(H,25,26,27)/b11-10+. The van der Waals surface area contributed by atoms with E-state index in [1.54, 1.807) is 36.4 Å². The van der Waals surface area contributed by atoms with Gasteiger partial charge >= 0.3 is 6.18 Å². The van der Waals surface area contributed by atoms with Crippen LogP contribution in [0.15, 0.2) is 70.1 Å². The van der Waals surface area contributed by atoms with Gasteiger partial charge in [-0.3, -0.25) is 4.79 Å². The Hall–Kier alpha value is -3.61. The van der Waals surface area contributed by atoms with Crippen molar-refractivity contribution in [1.29, 1.82) is 0 Å². The van der Waals surface area contributed by atoms with Crippen LogP contribution in [0.4, 0.5) is 13.2 Å². The Kier molecular flexibility index (Phi) is 4.35. The summed E-state index contributed by atoms with van der Waals surface area (Å²) in [5.41, 5.74) is -0.785. The summed E-state index contributed by atoms with van der Waals surface area (Å²) in [6.45, 7) is 0. The Morgan fingerprint density at radius 2 is 1.79 bits per heavy atom. The van der Waals surface area contributed by atoms with Gasteiger partial charge in [0.15, 0.2) is 0 Å². The van der Waals surface area contributed by atoms with Crippen molar-refractivity contribution in [3.63, 3.8) is 0 Å². The van der Waals surface area contributed by atoms with Crippen LogP contribution >= 0.6 is 0 Å². The molecular formula is C21H13F3N2O2. The van der Waals surface area contributed by atoms with E-state index in [0.29, 0.717) is 16.7 Å². The molecule has 2 aromatic carbocycles. The molecule has 1 N–H and O–H groups in total. The largest absolute Gasteiger partial charge is 0.465 e. The van der Waals surface area contributed by atoms with Crippen molar-refractivity contribution < 1.29 is 17.6 Å². The highest BCUT2D eigenvalue weighted by molar-refractivity contribution is 5.83. The van der Waals surface area contributed by atoms with Crippen molar-refractivity contribution in [2.24, 2.45) is 0 Å². The van der Waals surface area contributed by atoms with Gasteiger partial charge in [0.25, 0.3) is 5.56 Å². The molecule has 0 unspecified atom stereocenters. The third kappa shape index (κ3) is 3.34. The van der Waals surface area contributed by atoms with E-state index in [1.807, 2.05) is 0 Å². The fourth-order valence-corrected chi connectivity index (χ4v) is 2.96. The molecule has 0 aliphatic carbocycles. The van der Waals surface area contributed by atoms with Crippen molar-refractivity contribution in [2.45, 2.75) is 6.18 Å². The number of aromatic nitrogens is 2. The van der Waals surface area contributed by atoms with E-state index in [1.165, 1.54) is 30.5 Å². The fourth-order valence-electron chi connectivity index (χ4n) is 2.96. The van der Waals surface area contributed by atoms with Gasteiger partial charge in [-0.1, -0.05) is 24.3 Å². The van der Waals surface area contributed by atoms with Crippen LogP contribution in [-0.2, 0) is 6.18 Å². The number of rotatable bonds is 3. The molecule has 0 saturated carbocycles. The SMILES string of the molecule is O=c1[nH]c(-c2cccc(C(F)(F)F)c2/C=C/c2ccco2)nc2ccccc12. The number of hydrogen-bond donors (Lipinski definition) is 1. The lowest BCUT2D eigenvalue weighted by molar-refractivity contribution is -0.137. The number of fused-ring (bicyclic) bond motifs is 1. The van der Waals surface area contributed by atoms with E-state index in [-0.39, 0.29) is 17.0 Å². The molecule has 4 rings (SSSR count). The van der Waals surface area contributed by atoms with Crippen LogP contribution in [0, 0.1) is 0 Å². The quantitative estimate of drug-likeness (QED) is 0.518. The van der Waals surface area contributed by atoms with Gasteiger partial charge in [0.2, 0.25) is 0 Å². The lowest BCUT2D eigenvalue weighted by atomic mass is 9.99. The maximum atomic E-state index is 13.6. The third-order valence-corrected chi connectivity index (χ3v) is 4.24. The fraction of sp³-hybridized carbons (Fsp3) is 0.0476. The summed E-state index contributed by atoms with van der Waals surface area (Å²) in [5.74, 6) is 0.469. The summed E-state index contributed by atoms with van der Waals surface area (Å²) in [6.07, 6.45) is -0.395. The lowest BCUT2D eigenvalue weighted by Crippen LogP contribution is -2.12. The summed E-state index contributed by atoms with van der Waals surface area (Å²) in [5, 5.41) is 0.367. The highest BCUT2D eigenvalue weighted by Gasteiger charge is 2.34. The maximum absolute atomic E-state index is 13.6. The predicted molar refractivity (Wildman–Crippen MR) is 100 cm³/mol. The molecule has 140 valence electrons. The lowest BCUT2D eigenvalue weighted by Gasteiger charge is -2.14. The van der Waals surface area contributed by atoms with Crippen LogP contribution in [0.3, 0.4) is 0 Å². The van der Waals surface area contributed by atoms with Gasteiger partial charge in [-0.2, -0.15) is 13.2 Å². The Morgan fingerprint density at radius 3 is 2.54 bits per heavy atom. The number of hydrogen-bond acceptors (Lipinski definition) is 3. The molecular weight excluding hydrogens is 369 g/mol. The van der Waals surface area contributed by atoms with E-state index in [4.69, 9.17) is 4.42 Å². The topological polar surface area (TPSA) is 58.9 Å². The summed E-state index contributed by atoms with van der Waals surface area (Å²) < 4.78 is 45.9. The van der Waals surface area contributed by atoms with Gasteiger partial charge in [0.1, 0.15) is 11.6 Å². The molecule has 0 radical (unpaired) electrons. The molecule has 0 atom stereocenters. The second kappa shape index (κ2) is 6.84. The van der Waals surface area contributed by atoms with Crippen LogP contribution in [0.5, 0.6) is 0 Å². The Bertz CT molecular complexity index is 1220. The van der Waals surface area contributed by atoms with Gasteiger partial charge in [-0.05, 0) is 48.0 Å². The Morgan fingerprint density at radius 1 is 0.964 bits per heavy atom. The van der Waals surface area contributed by atoms with Gasteiger partial charge in [-0.25, -0.2) is 4.98 Å². The molecule has 0 fully saturated rings. The van der Waals surface area contributed by atoms with Crippen LogP contribution in [0.1, 0.15) is 16.9 Å². The number of para-hydroxylation sites is 1. The van der Waals surface area contributed by atoms with Crippen molar-refractivity contribution in [2.75, 3.05) is 0 Å². The van der Waals surface area contributed by atoms with Crippen molar-refractivity contribution in [3.05, 3.63) is 88.1 Å². The minimum Gasteiger partial charge on any atom is -0.465 e. The second-order valence-electron chi connectivity index (χ2n) is 6.05. The minimum atomic E-state index is -4.57. The normalized spacial score (nSPS) is 12.1. The summed E-state index contributed by atoms with van der Waals surface area (Å²) in [4.78, 5) is 19.3. The van der Waals surface area contributed by atoms with Gasteiger partial charge in [0.05, 0.1) is 22.7 Å². The number of furan rings is 1. The van der Waals surface area contributed by atoms with Crippen LogP contribution < -0.4 is 5.56 Å². The number of nitrogens with zero attached hydrogens (tertiary/aromatic N) is 1. The maximum Gasteiger partial charge on any atom is 0.417 e. The first kappa shape index (κ1) is 17.8. The first-order valence-electron chi connectivity index (χ1n) is 8.35. The van der Waals surface area contributed by atoms with E-state index >= 15 is 0 Å². The molecule has 0 bridgehead atoms. The second-order valence-corrected chi connectivity index (χ2v) is 6.05. The van der Waals surface area contributed by atoms with Crippen molar-refractivity contribution >= 4 is 23.1 Å². The minimum absolute atomic E-state index is 0.0638. The van der Waals surface area contributed by atoms with Gasteiger partial charge < -0.3 is 9.40 Å². The van der Waals surface area contributed by atoms with Crippen LogP contribution in [-0.4, -0.2) is 9.97 Å². The van der Waals surface area contributed by atoms with Crippen molar-refractivity contribution in [1.82, 2.24) is 9.97 Å². The number of aromatic amines is 1. The molecule has 0 aliphatic rings. The molecule has 28 heavy (non-hydrogen) atoms.